The van der Waals surface area contributed by atoms with Crippen LogP contribution in [0.1, 0.15) is 47.0 Å². The highest BCUT2D eigenvalue weighted by molar-refractivity contribution is 5.82. The molecule has 0 saturated carbocycles. The Hall–Kier alpha value is -1.26. The van der Waals surface area contributed by atoms with Crippen molar-refractivity contribution in [3.8, 4) is 0 Å². The predicted octanol–water partition coefficient (Wildman–Crippen LogP) is 1.98. The van der Waals surface area contributed by atoms with Crippen LogP contribution < -0.4 is 10.6 Å². The molecule has 0 aromatic rings. The molecule has 2 amide bonds. The standard InChI is InChI=1S/C12H24N2O3/c1-5-6-9(10(15)16)14-11(17)13-8-7-12(2,3)4/h9H,5-8H2,1-4H3,(H,15,16)(H2,13,14,17)/t9-/m1/s1. The molecule has 5 nitrogen and oxygen atoms in total. The van der Waals surface area contributed by atoms with Crippen molar-refractivity contribution in [1.82, 2.24) is 10.6 Å². The molecule has 100 valence electrons. The minimum absolute atomic E-state index is 0.156. The minimum Gasteiger partial charge on any atom is -0.480 e. The van der Waals surface area contributed by atoms with E-state index in [1.165, 1.54) is 0 Å². The highest BCUT2D eigenvalue weighted by Gasteiger charge is 2.18. The van der Waals surface area contributed by atoms with Crippen molar-refractivity contribution in [1.29, 1.82) is 0 Å². The second kappa shape index (κ2) is 7.14. The molecule has 0 aliphatic rings. The average molecular weight is 244 g/mol. The molecule has 0 unspecified atom stereocenters. The SMILES string of the molecule is CCC[C@@H](NC(=O)NCCC(C)(C)C)C(=O)O. The molecule has 5 heteroatoms. The lowest BCUT2D eigenvalue weighted by Gasteiger charge is -2.19. The first-order chi connectivity index (χ1) is 7.76. The number of carboxylic acid groups (broad SMARTS) is 1. The summed E-state index contributed by atoms with van der Waals surface area (Å²) in [6.45, 7) is 8.69. The van der Waals surface area contributed by atoms with Gasteiger partial charge in [-0.25, -0.2) is 9.59 Å². The van der Waals surface area contributed by atoms with Gasteiger partial charge in [-0.1, -0.05) is 34.1 Å². The second-order valence-electron chi connectivity index (χ2n) is 5.39. The Morgan fingerprint density at radius 2 is 1.88 bits per heavy atom. The molecule has 17 heavy (non-hydrogen) atoms. The Kier molecular flexibility index (Phi) is 6.61. The Morgan fingerprint density at radius 1 is 1.29 bits per heavy atom. The molecular formula is C12H24N2O3. The number of hydrogen-bond acceptors (Lipinski definition) is 2. The first-order valence-corrected chi connectivity index (χ1v) is 6.03. The summed E-state index contributed by atoms with van der Waals surface area (Å²) in [5.74, 6) is -0.988. The highest BCUT2D eigenvalue weighted by Crippen LogP contribution is 2.16. The van der Waals surface area contributed by atoms with Crippen LogP contribution in [0.15, 0.2) is 0 Å². The van der Waals surface area contributed by atoms with Crippen LogP contribution >= 0.6 is 0 Å². The molecule has 0 heterocycles. The number of amides is 2. The van der Waals surface area contributed by atoms with Gasteiger partial charge in [0.15, 0.2) is 0 Å². The lowest BCUT2D eigenvalue weighted by molar-refractivity contribution is -0.139. The zero-order chi connectivity index (χ0) is 13.5. The fourth-order valence-electron chi connectivity index (χ4n) is 1.31. The van der Waals surface area contributed by atoms with Gasteiger partial charge in [0.05, 0.1) is 0 Å². The van der Waals surface area contributed by atoms with Crippen LogP contribution in [0.2, 0.25) is 0 Å². The van der Waals surface area contributed by atoms with Gasteiger partial charge in [-0.2, -0.15) is 0 Å². The van der Waals surface area contributed by atoms with E-state index in [0.717, 1.165) is 12.8 Å². The van der Waals surface area contributed by atoms with E-state index in [4.69, 9.17) is 5.11 Å². The number of carbonyl (C=O) groups excluding carboxylic acids is 1. The van der Waals surface area contributed by atoms with Gasteiger partial charge < -0.3 is 15.7 Å². The van der Waals surface area contributed by atoms with E-state index >= 15 is 0 Å². The van der Waals surface area contributed by atoms with Gasteiger partial charge >= 0.3 is 12.0 Å². The van der Waals surface area contributed by atoms with Crippen LogP contribution in [0.25, 0.3) is 0 Å². The van der Waals surface area contributed by atoms with Crippen LogP contribution in [-0.2, 0) is 4.79 Å². The first-order valence-electron chi connectivity index (χ1n) is 6.03. The molecule has 0 saturated heterocycles. The maximum Gasteiger partial charge on any atom is 0.326 e. The second-order valence-corrected chi connectivity index (χ2v) is 5.39. The predicted molar refractivity (Wildman–Crippen MR) is 66.9 cm³/mol. The van der Waals surface area contributed by atoms with Crippen molar-refractivity contribution >= 4 is 12.0 Å². The maximum atomic E-state index is 11.4. The molecule has 0 aromatic heterocycles. The third-order valence-electron chi connectivity index (χ3n) is 2.34. The minimum atomic E-state index is -0.988. The Balaban J connectivity index is 3.95. The largest absolute Gasteiger partial charge is 0.480 e. The van der Waals surface area contributed by atoms with Gasteiger partial charge in [-0.15, -0.1) is 0 Å². The summed E-state index contributed by atoms with van der Waals surface area (Å²) in [5, 5.41) is 14.0. The summed E-state index contributed by atoms with van der Waals surface area (Å²) < 4.78 is 0. The molecule has 1 atom stereocenters. The normalized spacial score (nSPS) is 12.9. The third-order valence-corrected chi connectivity index (χ3v) is 2.34. The number of urea groups is 1. The van der Waals surface area contributed by atoms with Crippen molar-refractivity contribution in [2.75, 3.05) is 6.54 Å². The molecule has 0 aliphatic heterocycles. The lowest BCUT2D eigenvalue weighted by Crippen LogP contribution is -2.46. The molecule has 0 radical (unpaired) electrons. The van der Waals surface area contributed by atoms with Crippen LogP contribution in [0, 0.1) is 5.41 Å². The molecule has 0 rings (SSSR count). The monoisotopic (exact) mass is 244 g/mol. The third kappa shape index (κ3) is 8.54. The number of rotatable bonds is 6. The zero-order valence-electron chi connectivity index (χ0n) is 11.2. The average Bonchev–Trinajstić information content (AvgIpc) is 2.14. The van der Waals surface area contributed by atoms with Crippen LogP contribution in [0.4, 0.5) is 4.79 Å². The fraction of sp³-hybridized carbons (Fsp3) is 0.833. The van der Waals surface area contributed by atoms with Crippen molar-refractivity contribution in [2.45, 2.75) is 53.0 Å². The Bertz CT molecular complexity index is 259. The number of aliphatic carboxylic acids is 1. The summed E-state index contributed by atoms with van der Waals surface area (Å²) in [6.07, 6.45) is 2.02. The number of carboxylic acids is 1. The summed E-state index contributed by atoms with van der Waals surface area (Å²) in [4.78, 5) is 22.2. The van der Waals surface area contributed by atoms with Crippen molar-refractivity contribution in [3.05, 3.63) is 0 Å². The molecule has 0 fully saturated rings. The van der Waals surface area contributed by atoms with E-state index in [9.17, 15) is 9.59 Å². The molecular weight excluding hydrogens is 220 g/mol. The fourth-order valence-corrected chi connectivity index (χ4v) is 1.31. The van der Waals surface area contributed by atoms with Crippen LogP contribution in [0.3, 0.4) is 0 Å². The van der Waals surface area contributed by atoms with Gasteiger partial charge in [0.25, 0.3) is 0 Å². The van der Waals surface area contributed by atoms with E-state index in [2.05, 4.69) is 31.4 Å². The van der Waals surface area contributed by atoms with Gasteiger partial charge in [0.2, 0.25) is 0 Å². The molecule has 0 spiro atoms. The molecule has 0 aromatic carbocycles. The number of hydrogen-bond donors (Lipinski definition) is 3. The Morgan fingerprint density at radius 3 is 2.29 bits per heavy atom. The topological polar surface area (TPSA) is 78.4 Å². The molecule has 0 aliphatic carbocycles. The van der Waals surface area contributed by atoms with Crippen LogP contribution in [-0.4, -0.2) is 29.7 Å². The van der Waals surface area contributed by atoms with Crippen LogP contribution in [0.5, 0.6) is 0 Å². The zero-order valence-corrected chi connectivity index (χ0v) is 11.2. The van der Waals surface area contributed by atoms with Gasteiger partial charge in [-0.05, 0) is 18.3 Å². The highest BCUT2D eigenvalue weighted by atomic mass is 16.4. The van der Waals surface area contributed by atoms with E-state index in [1.54, 1.807) is 0 Å². The lowest BCUT2D eigenvalue weighted by atomic mass is 9.92. The number of nitrogens with one attached hydrogen (secondary N) is 2. The van der Waals surface area contributed by atoms with Crippen molar-refractivity contribution in [3.63, 3.8) is 0 Å². The van der Waals surface area contributed by atoms with E-state index in [1.807, 2.05) is 6.92 Å². The van der Waals surface area contributed by atoms with E-state index < -0.39 is 18.0 Å². The smallest absolute Gasteiger partial charge is 0.326 e. The van der Waals surface area contributed by atoms with Gasteiger partial charge in [-0.3, -0.25) is 0 Å². The maximum absolute atomic E-state index is 11.4. The first kappa shape index (κ1) is 15.7. The molecule has 3 N–H and O–H groups in total. The summed E-state index contributed by atoms with van der Waals surface area (Å²) in [7, 11) is 0. The van der Waals surface area contributed by atoms with Crippen molar-refractivity contribution in [2.24, 2.45) is 5.41 Å². The summed E-state index contributed by atoms with van der Waals surface area (Å²) in [6, 6.07) is -1.20. The quantitative estimate of drug-likeness (QED) is 0.668. The number of carbonyl (C=O) groups is 2. The van der Waals surface area contributed by atoms with E-state index in [0.29, 0.717) is 13.0 Å². The van der Waals surface area contributed by atoms with Gasteiger partial charge in [0.1, 0.15) is 6.04 Å². The summed E-state index contributed by atoms with van der Waals surface area (Å²) in [5.41, 5.74) is 0.156. The molecule has 0 bridgehead atoms. The van der Waals surface area contributed by atoms with E-state index in [-0.39, 0.29) is 5.41 Å². The van der Waals surface area contributed by atoms with Crippen molar-refractivity contribution < 1.29 is 14.7 Å². The summed E-state index contributed by atoms with van der Waals surface area (Å²) >= 11 is 0. The Labute approximate surface area is 103 Å². The van der Waals surface area contributed by atoms with Gasteiger partial charge in [0, 0.05) is 6.54 Å².